The minimum absolute atomic E-state index is 0.654. The third kappa shape index (κ3) is 5.14. The number of benzene rings is 8. The molecule has 0 aliphatic rings. The topological polar surface area (TPSA) is 65.0 Å². The monoisotopic (exact) mass is 741 g/mol. The molecule has 4 aromatic heterocycles. The van der Waals surface area contributed by atoms with E-state index in [1.165, 1.54) is 0 Å². The van der Waals surface area contributed by atoms with E-state index in [-0.39, 0.29) is 0 Å². The van der Waals surface area contributed by atoms with Crippen LogP contribution in [0.25, 0.3) is 122 Å². The minimum atomic E-state index is 0.654. The molecule has 8 aromatic carbocycles. The molecule has 0 atom stereocenters. The quantitative estimate of drug-likeness (QED) is 0.164. The van der Waals surface area contributed by atoms with Crippen molar-refractivity contribution in [1.82, 2.24) is 15.0 Å². The van der Waals surface area contributed by atoms with E-state index in [0.717, 1.165) is 116 Å². The standard InChI is InChI=1S/C53H31N3O2/c1-3-12-33(13-4-1)44-31-45(56-53(55-44)41-18-11-21-48-49(41)39-17-8-10-20-46(39)57-48)34-24-22-32(23-25-34)36-26-29-47-42(30-36)37-27-28-40-50(52(37)58-47)38-16-7-9-19-43(38)54-51(40)35-14-5-2-6-15-35/h1-31H. The van der Waals surface area contributed by atoms with Crippen molar-refractivity contribution in [2.24, 2.45) is 0 Å². The van der Waals surface area contributed by atoms with E-state index in [0.29, 0.717) is 5.82 Å². The van der Waals surface area contributed by atoms with Gasteiger partial charge in [0, 0.05) is 60.0 Å². The van der Waals surface area contributed by atoms with E-state index in [4.69, 9.17) is 23.8 Å². The molecule has 0 amide bonds. The molecule has 5 nitrogen and oxygen atoms in total. The Kier molecular flexibility index (Phi) is 7.16. The van der Waals surface area contributed by atoms with Gasteiger partial charge in [-0.05, 0) is 53.6 Å². The van der Waals surface area contributed by atoms with Crippen molar-refractivity contribution in [2.75, 3.05) is 0 Å². The average molecular weight is 742 g/mol. The number of nitrogens with zero attached hydrogens (tertiary/aromatic N) is 3. The summed E-state index contributed by atoms with van der Waals surface area (Å²) >= 11 is 0. The van der Waals surface area contributed by atoms with Gasteiger partial charge in [-0.3, -0.25) is 0 Å². The molecule has 0 bridgehead atoms. The number of rotatable bonds is 5. The Labute approximate surface area is 332 Å². The second kappa shape index (κ2) is 12.8. The molecule has 58 heavy (non-hydrogen) atoms. The normalized spacial score (nSPS) is 11.8. The van der Waals surface area contributed by atoms with Gasteiger partial charge < -0.3 is 8.83 Å². The predicted molar refractivity (Wildman–Crippen MR) is 237 cm³/mol. The highest BCUT2D eigenvalue weighted by atomic mass is 16.3. The Morgan fingerprint density at radius 2 is 0.948 bits per heavy atom. The molecule has 0 saturated carbocycles. The van der Waals surface area contributed by atoms with Gasteiger partial charge in [-0.15, -0.1) is 0 Å². The molecule has 270 valence electrons. The SMILES string of the molecule is c1ccc(-c2cc(-c3ccc(-c4ccc5oc6c(ccc7c(-c8ccccc8)nc8ccccc8c76)c5c4)cc3)nc(-c3cccc4oc5ccccc5c34)n2)cc1. The molecular weight excluding hydrogens is 711 g/mol. The first-order valence-corrected chi connectivity index (χ1v) is 19.4. The zero-order chi connectivity index (χ0) is 38.2. The van der Waals surface area contributed by atoms with Gasteiger partial charge in [0.1, 0.15) is 22.3 Å². The van der Waals surface area contributed by atoms with Gasteiger partial charge in [0.2, 0.25) is 0 Å². The lowest BCUT2D eigenvalue weighted by Gasteiger charge is -2.11. The first-order chi connectivity index (χ1) is 28.7. The second-order valence-electron chi connectivity index (χ2n) is 14.7. The molecule has 12 rings (SSSR count). The van der Waals surface area contributed by atoms with Gasteiger partial charge in [-0.2, -0.15) is 0 Å². The van der Waals surface area contributed by atoms with Gasteiger partial charge in [-0.1, -0.05) is 146 Å². The van der Waals surface area contributed by atoms with Crippen LogP contribution in [0.3, 0.4) is 0 Å². The summed E-state index contributed by atoms with van der Waals surface area (Å²) in [6.07, 6.45) is 0. The summed E-state index contributed by atoms with van der Waals surface area (Å²) in [6, 6.07) is 64.8. The molecule has 0 unspecified atom stereocenters. The van der Waals surface area contributed by atoms with Crippen LogP contribution in [0.5, 0.6) is 0 Å². The van der Waals surface area contributed by atoms with Crippen molar-refractivity contribution < 1.29 is 8.83 Å². The lowest BCUT2D eigenvalue weighted by atomic mass is 9.97. The van der Waals surface area contributed by atoms with Crippen LogP contribution in [-0.2, 0) is 0 Å². The maximum absolute atomic E-state index is 6.73. The molecule has 0 spiro atoms. The van der Waals surface area contributed by atoms with Crippen LogP contribution >= 0.6 is 0 Å². The fourth-order valence-corrected chi connectivity index (χ4v) is 8.53. The number of hydrogen-bond donors (Lipinski definition) is 0. The summed E-state index contributed by atoms with van der Waals surface area (Å²) in [5, 5.41) is 7.46. The molecule has 0 N–H and O–H groups in total. The molecule has 12 aromatic rings. The van der Waals surface area contributed by atoms with Gasteiger partial charge >= 0.3 is 0 Å². The van der Waals surface area contributed by atoms with E-state index >= 15 is 0 Å². The van der Waals surface area contributed by atoms with E-state index < -0.39 is 0 Å². The summed E-state index contributed by atoms with van der Waals surface area (Å²) < 4.78 is 13.0. The van der Waals surface area contributed by atoms with Crippen molar-refractivity contribution in [1.29, 1.82) is 0 Å². The number of hydrogen-bond acceptors (Lipinski definition) is 5. The maximum Gasteiger partial charge on any atom is 0.161 e. The Bertz CT molecular complexity index is 3550. The summed E-state index contributed by atoms with van der Waals surface area (Å²) in [7, 11) is 0. The Hall–Kier alpha value is -7.89. The molecule has 0 radical (unpaired) electrons. The van der Waals surface area contributed by atoms with Crippen molar-refractivity contribution >= 4 is 65.6 Å². The van der Waals surface area contributed by atoms with E-state index in [2.05, 4.69) is 127 Å². The van der Waals surface area contributed by atoms with Gasteiger partial charge in [0.05, 0.1) is 22.6 Å². The number of fused-ring (bicyclic) bond motifs is 10. The predicted octanol–water partition coefficient (Wildman–Crippen LogP) is 14.3. The third-order valence-corrected chi connectivity index (χ3v) is 11.3. The van der Waals surface area contributed by atoms with Crippen LogP contribution in [0, 0.1) is 0 Å². The van der Waals surface area contributed by atoms with Crippen LogP contribution in [0.2, 0.25) is 0 Å². The van der Waals surface area contributed by atoms with Crippen LogP contribution in [0.4, 0.5) is 0 Å². The van der Waals surface area contributed by atoms with Crippen LogP contribution < -0.4 is 0 Å². The van der Waals surface area contributed by atoms with Crippen LogP contribution in [0.15, 0.2) is 197 Å². The number of aromatic nitrogens is 3. The molecule has 0 aliphatic carbocycles. The van der Waals surface area contributed by atoms with Gasteiger partial charge in [0.15, 0.2) is 5.82 Å². The molecule has 5 heteroatoms. The maximum atomic E-state index is 6.73. The summed E-state index contributed by atoms with van der Waals surface area (Å²) in [6.45, 7) is 0. The highest BCUT2D eigenvalue weighted by Gasteiger charge is 2.19. The zero-order valence-corrected chi connectivity index (χ0v) is 31.1. The van der Waals surface area contributed by atoms with Crippen molar-refractivity contribution in [2.45, 2.75) is 0 Å². The molecular formula is C53H31N3O2. The highest BCUT2D eigenvalue weighted by Crippen LogP contribution is 2.42. The smallest absolute Gasteiger partial charge is 0.161 e. The van der Waals surface area contributed by atoms with Crippen molar-refractivity contribution in [3.05, 3.63) is 188 Å². The lowest BCUT2D eigenvalue weighted by Crippen LogP contribution is -1.96. The zero-order valence-electron chi connectivity index (χ0n) is 31.1. The minimum Gasteiger partial charge on any atom is -0.456 e. The van der Waals surface area contributed by atoms with Crippen LogP contribution in [0.1, 0.15) is 0 Å². The summed E-state index contributed by atoms with van der Waals surface area (Å²) in [5.41, 5.74) is 13.3. The van der Waals surface area contributed by atoms with Gasteiger partial charge in [-0.25, -0.2) is 15.0 Å². The average Bonchev–Trinajstić information content (AvgIpc) is 3.87. The number of pyridine rings is 1. The summed E-state index contributed by atoms with van der Waals surface area (Å²) in [4.78, 5) is 15.5. The molecule has 4 heterocycles. The lowest BCUT2D eigenvalue weighted by molar-refractivity contribution is 0.669. The van der Waals surface area contributed by atoms with Crippen molar-refractivity contribution in [3.8, 4) is 56.3 Å². The Morgan fingerprint density at radius 3 is 1.76 bits per heavy atom. The van der Waals surface area contributed by atoms with E-state index in [1.807, 2.05) is 60.7 Å². The number of para-hydroxylation sites is 2. The molecule has 0 fully saturated rings. The van der Waals surface area contributed by atoms with Crippen LogP contribution in [-0.4, -0.2) is 15.0 Å². The summed E-state index contributed by atoms with van der Waals surface area (Å²) in [5.74, 6) is 0.654. The Morgan fingerprint density at radius 1 is 0.328 bits per heavy atom. The molecule has 0 aliphatic heterocycles. The molecule has 0 saturated heterocycles. The number of furan rings is 2. The van der Waals surface area contributed by atoms with E-state index in [9.17, 15) is 0 Å². The third-order valence-electron chi connectivity index (χ3n) is 11.3. The first kappa shape index (κ1) is 32.4. The fraction of sp³-hybridized carbons (Fsp3) is 0. The Balaban J connectivity index is 0.973. The van der Waals surface area contributed by atoms with Crippen molar-refractivity contribution in [3.63, 3.8) is 0 Å². The second-order valence-corrected chi connectivity index (χ2v) is 14.7. The van der Waals surface area contributed by atoms with E-state index in [1.54, 1.807) is 0 Å². The highest BCUT2D eigenvalue weighted by molar-refractivity contribution is 6.25. The van der Waals surface area contributed by atoms with Gasteiger partial charge in [0.25, 0.3) is 0 Å². The largest absolute Gasteiger partial charge is 0.456 e. The first-order valence-electron chi connectivity index (χ1n) is 19.4. The fourth-order valence-electron chi connectivity index (χ4n) is 8.53.